The quantitative estimate of drug-likeness (QED) is 0.304. The normalized spacial score (nSPS) is 12.2. The number of hydrogen-bond donors (Lipinski definition) is 1. The second-order valence-corrected chi connectivity index (χ2v) is 12.6. The van der Waals surface area contributed by atoms with Gasteiger partial charge in [-0.25, -0.2) is 8.42 Å². The molecule has 3 aromatic carbocycles. The van der Waals surface area contributed by atoms with Crippen molar-refractivity contribution in [3.05, 3.63) is 94.0 Å². The van der Waals surface area contributed by atoms with Gasteiger partial charge in [-0.3, -0.25) is 13.9 Å². The van der Waals surface area contributed by atoms with Gasteiger partial charge in [0.15, 0.2) is 0 Å². The molecule has 0 heterocycles. The van der Waals surface area contributed by atoms with E-state index in [-0.39, 0.29) is 23.3 Å². The van der Waals surface area contributed by atoms with Gasteiger partial charge in [-0.05, 0) is 74.2 Å². The minimum Gasteiger partial charge on any atom is -0.355 e. The molecule has 0 saturated carbocycles. The zero-order valence-electron chi connectivity index (χ0n) is 23.0. The largest absolute Gasteiger partial charge is 0.355 e. The van der Waals surface area contributed by atoms with E-state index in [9.17, 15) is 18.0 Å². The highest BCUT2D eigenvalue weighted by atomic mass is 79.9. The van der Waals surface area contributed by atoms with E-state index in [0.29, 0.717) is 12.2 Å². The fourth-order valence-corrected chi connectivity index (χ4v) is 5.99. The van der Waals surface area contributed by atoms with E-state index in [1.807, 2.05) is 50.2 Å². The molecule has 1 N–H and O–H groups in total. The number of carbonyl (C=O) groups excluding carboxylic acids is 2. The Labute approximate surface area is 240 Å². The standard InChI is InChI=1S/C30H36BrN3O4S/c1-6-32-30(36)23(5)33(19-24-8-7-9-26(31)18-24)29(35)20-34(27-14-12-25(13-15-27)21(2)3)39(37,38)28-16-10-22(4)11-17-28/h7-18,21,23H,6,19-20H2,1-5H3,(H,32,36)/t23-/m0/s1. The Morgan fingerprint density at radius 1 is 0.949 bits per heavy atom. The van der Waals surface area contributed by atoms with Crippen molar-refractivity contribution < 1.29 is 18.0 Å². The Balaban J connectivity index is 2.04. The molecule has 0 unspecified atom stereocenters. The molecule has 39 heavy (non-hydrogen) atoms. The molecule has 0 saturated heterocycles. The minimum atomic E-state index is -4.09. The van der Waals surface area contributed by atoms with Crippen LogP contribution in [0.5, 0.6) is 0 Å². The van der Waals surface area contributed by atoms with Gasteiger partial charge in [0, 0.05) is 17.6 Å². The maximum Gasteiger partial charge on any atom is 0.264 e. The Kier molecular flexibility index (Phi) is 10.3. The molecule has 9 heteroatoms. The number of nitrogens with one attached hydrogen (secondary N) is 1. The van der Waals surface area contributed by atoms with Crippen LogP contribution in [0.25, 0.3) is 0 Å². The van der Waals surface area contributed by atoms with Crippen molar-refractivity contribution in [2.24, 2.45) is 0 Å². The number of amides is 2. The lowest BCUT2D eigenvalue weighted by Crippen LogP contribution is -2.51. The smallest absolute Gasteiger partial charge is 0.264 e. The third-order valence-corrected chi connectivity index (χ3v) is 8.78. The molecular formula is C30H36BrN3O4S. The predicted molar refractivity (Wildman–Crippen MR) is 159 cm³/mol. The number of aryl methyl sites for hydroxylation is 1. The lowest BCUT2D eigenvalue weighted by molar-refractivity contribution is -0.139. The number of anilines is 1. The molecule has 0 bridgehead atoms. The van der Waals surface area contributed by atoms with Gasteiger partial charge in [-0.1, -0.05) is 71.7 Å². The van der Waals surface area contributed by atoms with E-state index in [1.54, 1.807) is 43.3 Å². The summed E-state index contributed by atoms with van der Waals surface area (Å²) in [6, 6.07) is 20.4. The summed E-state index contributed by atoms with van der Waals surface area (Å²) in [6.45, 7) is 9.54. The second-order valence-electron chi connectivity index (χ2n) is 9.79. The maximum atomic E-state index is 13.9. The number of likely N-dealkylation sites (N-methyl/N-ethyl adjacent to an activating group) is 1. The van der Waals surface area contributed by atoms with Crippen LogP contribution < -0.4 is 9.62 Å². The SMILES string of the molecule is CCNC(=O)[C@H](C)N(Cc1cccc(Br)c1)C(=O)CN(c1ccc(C(C)C)cc1)S(=O)(=O)c1ccc(C)cc1. The van der Waals surface area contributed by atoms with Gasteiger partial charge in [-0.2, -0.15) is 0 Å². The lowest BCUT2D eigenvalue weighted by Gasteiger charge is -2.32. The van der Waals surface area contributed by atoms with Crippen LogP contribution in [0, 0.1) is 6.92 Å². The average molecular weight is 615 g/mol. The van der Waals surface area contributed by atoms with Crippen LogP contribution in [0.4, 0.5) is 5.69 Å². The molecule has 0 aromatic heterocycles. The zero-order chi connectivity index (χ0) is 28.7. The molecular weight excluding hydrogens is 578 g/mol. The Hall–Kier alpha value is -3.17. The van der Waals surface area contributed by atoms with Gasteiger partial charge in [-0.15, -0.1) is 0 Å². The van der Waals surface area contributed by atoms with Gasteiger partial charge < -0.3 is 10.2 Å². The summed E-state index contributed by atoms with van der Waals surface area (Å²) in [6.07, 6.45) is 0. The van der Waals surface area contributed by atoms with E-state index in [2.05, 4.69) is 35.1 Å². The number of sulfonamides is 1. The first-order valence-corrected chi connectivity index (χ1v) is 15.2. The van der Waals surface area contributed by atoms with Crippen molar-refractivity contribution in [3.8, 4) is 0 Å². The topological polar surface area (TPSA) is 86.8 Å². The number of carbonyl (C=O) groups is 2. The summed E-state index contributed by atoms with van der Waals surface area (Å²) < 4.78 is 29.8. The molecule has 208 valence electrons. The fourth-order valence-electron chi connectivity index (χ4n) is 4.13. The van der Waals surface area contributed by atoms with Gasteiger partial charge in [0.1, 0.15) is 12.6 Å². The van der Waals surface area contributed by atoms with Crippen LogP contribution in [0.3, 0.4) is 0 Å². The number of hydrogen-bond acceptors (Lipinski definition) is 4. The molecule has 0 fully saturated rings. The first kappa shape index (κ1) is 30.4. The molecule has 1 atom stereocenters. The van der Waals surface area contributed by atoms with E-state index in [4.69, 9.17) is 0 Å². The predicted octanol–water partition coefficient (Wildman–Crippen LogP) is 5.63. The van der Waals surface area contributed by atoms with Crippen LogP contribution in [0.1, 0.15) is 50.3 Å². The maximum absolute atomic E-state index is 13.9. The molecule has 0 spiro atoms. The third kappa shape index (κ3) is 7.70. The van der Waals surface area contributed by atoms with Gasteiger partial charge in [0.25, 0.3) is 10.0 Å². The molecule has 7 nitrogen and oxygen atoms in total. The molecule has 3 aromatic rings. The Morgan fingerprint density at radius 3 is 2.15 bits per heavy atom. The molecule has 0 aliphatic carbocycles. The minimum absolute atomic E-state index is 0.0872. The van der Waals surface area contributed by atoms with Gasteiger partial charge >= 0.3 is 0 Å². The monoisotopic (exact) mass is 613 g/mol. The molecule has 2 amide bonds. The summed E-state index contributed by atoms with van der Waals surface area (Å²) in [5.74, 6) is -0.533. The van der Waals surface area contributed by atoms with Crippen molar-refractivity contribution in [2.45, 2.75) is 58.0 Å². The van der Waals surface area contributed by atoms with Crippen LogP contribution in [-0.2, 0) is 26.2 Å². The molecule has 0 aliphatic rings. The number of halogens is 1. The van der Waals surface area contributed by atoms with Crippen LogP contribution in [0.2, 0.25) is 0 Å². The van der Waals surface area contributed by atoms with Crippen molar-refractivity contribution in [1.82, 2.24) is 10.2 Å². The van der Waals surface area contributed by atoms with Crippen molar-refractivity contribution in [2.75, 3.05) is 17.4 Å². The van der Waals surface area contributed by atoms with Crippen LogP contribution in [0.15, 0.2) is 82.2 Å². The highest BCUT2D eigenvalue weighted by molar-refractivity contribution is 9.10. The Morgan fingerprint density at radius 2 is 1.59 bits per heavy atom. The van der Waals surface area contributed by atoms with Crippen molar-refractivity contribution >= 4 is 43.5 Å². The van der Waals surface area contributed by atoms with E-state index < -0.39 is 28.5 Å². The number of nitrogens with zero attached hydrogens (tertiary/aromatic N) is 2. The highest BCUT2D eigenvalue weighted by Gasteiger charge is 2.32. The summed E-state index contributed by atoms with van der Waals surface area (Å²) in [5, 5.41) is 2.77. The van der Waals surface area contributed by atoms with Crippen LogP contribution >= 0.6 is 15.9 Å². The number of rotatable bonds is 11. The average Bonchev–Trinajstić information content (AvgIpc) is 2.90. The van der Waals surface area contributed by atoms with Crippen LogP contribution in [-0.4, -0.2) is 44.3 Å². The molecule has 3 rings (SSSR count). The lowest BCUT2D eigenvalue weighted by atomic mass is 10.0. The summed E-state index contributed by atoms with van der Waals surface area (Å²) >= 11 is 3.45. The van der Waals surface area contributed by atoms with Gasteiger partial charge in [0.2, 0.25) is 11.8 Å². The van der Waals surface area contributed by atoms with E-state index in [0.717, 1.165) is 25.5 Å². The summed E-state index contributed by atoms with van der Waals surface area (Å²) in [5.41, 5.74) is 3.16. The van der Waals surface area contributed by atoms with Gasteiger partial charge in [0.05, 0.1) is 10.6 Å². The first-order chi connectivity index (χ1) is 18.4. The highest BCUT2D eigenvalue weighted by Crippen LogP contribution is 2.27. The molecule has 0 radical (unpaired) electrons. The van der Waals surface area contributed by atoms with Crippen molar-refractivity contribution in [1.29, 1.82) is 0 Å². The zero-order valence-corrected chi connectivity index (χ0v) is 25.4. The second kappa shape index (κ2) is 13.3. The van der Waals surface area contributed by atoms with E-state index in [1.165, 1.54) is 4.90 Å². The Bertz CT molecular complexity index is 1390. The van der Waals surface area contributed by atoms with Crippen molar-refractivity contribution in [3.63, 3.8) is 0 Å². The number of benzene rings is 3. The molecule has 0 aliphatic heterocycles. The van der Waals surface area contributed by atoms with E-state index >= 15 is 0 Å². The fraction of sp³-hybridized carbons (Fsp3) is 0.333. The third-order valence-electron chi connectivity index (χ3n) is 6.50. The summed E-state index contributed by atoms with van der Waals surface area (Å²) in [7, 11) is -4.09. The first-order valence-electron chi connectivity index (χ1n) is 12.9. The summed E-state index contributed by atoms with van der Waals surface area (Å²) in [4.78, 5) is 28.2.